The number of benzene rings is 2. The molecule has 0 saturated carbocycles. The summed E-state index contributed by atoms with van der Waals surface area (Å²) in [6.07, 6.45) is -1.61. The lowest BCUT2D eigenvalue weighted by atomic mass is 10.1. The lowest BCUT2D eigenvalue weighted by Gasteiger charge is -2.14. The van der Waals surface area contributed by atoms with E-state index in [1.807, 2.05) is 0 Å². The summed E-state index contributed by atoms with van der Waals surface area (Å²) in [7, 11) is 0. The van der Waals surface area contributed by atoms with Gasteiger partial charge >= 0.3 is 0 Å². The maximum Gasteiger partial charge on any atom is 0.167 e. The van der Waals surface area contributed by atoms with Crippen LogP contribution in [0.5, 0.6) is 5.75 Å². The van der Waals surface area contributed by atoms with E-state index >= 15 is 0 Å². The Morgan fingerprint density at radius 1 is 0.950 bits per heavy atom. The number of aliphatic hydroxyl groups is 1. The number of ether oxygens (including phenoxy) is 1. The van der Waals surface area contributed by atoms with Crippen LogP contribution < -0.4 is 4.74 Å². The van der Waals surface area contributed by atoms with Crippen molar-refractivity contribution in [3.8, 4) is 5.75 Å². The van der Waals surface area contributed by atoms with Crippen LogP contribution in [-0.4, -0.2) is 11.7 Å². The van der Waals surface area contributed by atoms with E-state index in [2.05, 4.69) is 0 Å². The fourth-order valence-corrected chi connectivity index (χ4v) is 1.67. The fourth-order valence-electron chi connectivity index (χ4n) is 1.67. The molecule has 2 rings (SSSR count). The third-order valence-corrected chi connectivity index (χ3v) is 2.62. The summed E-state index contributed by atoms with van der Waals surface area (Å²) in [4.78, 5) is 0. The van der Waals surface area contributed by atoms with Crippen LogP contribution in [0.4, 0.5) is 17.6 Å². The molecule has 0 aliphatic carbocycles. The lowest BCUT2D eigenvalue weighted by molar-refractivity contribution is 0.0991. The first-order valence-electron chi connectivity index (χ1n) is 5.69. The molecule has 0 radical (unpaired) electrons. The van der Waals surface area contributed by atoms with Crippen molar-refractivity contribution in [3.63, 3.8) is 0 Å². The van der Waals surface area contributed by atoms with Gasteiger partial charge in [0.1, 0.15) is 30.2 Å². The average Bonchev–Trinajstić information content (AvgIpc) is 2.37. The van der Waals surface area contributed by atoms with Crippen LogP contribution in [0.15, 0.2) is 36.4 Å². The first kappa shape index (κ1) is 14.3. The smallest absolute Gasteiger partial charge is 0.167 e. The van der Waals surface area contributed by atoms with Crippen molar-refractivity contribution in [2.75, 3.05) is 6.61 Å². The zero-order valence-corrected chi connectivity index (χ0v) is 10.1. The highest BCUT2D eigenvalue weighted by molar-refractivity contribution is 5.26. The van der Waals surface area contributed by atoms with E-state index in [1.54, 1.807) is 0 Å². The first-order chi connectivity index (χ1) is 9.49. The van der Waals surface area contributed by atoms with E-state index in [9.17, 15) is 22.7 Å². The molecule has 2 aromatic rings. The molecule has 0 aliphatic heterocycles. The third-order valence-electron chi connectivity index (χ3n) is 2.62. The molecular weight excluding hydrogens is 276 g/mol. The molecule has 1 unspecified atom stereocenters. The third kappa shape index (κ3) is 3.08. The molecule has 6 heteroatoms. The molecule has 0 aliphatic rings. The first-order valence-corrected chi connectivity index (χ1v) is 5.69. The second-order valence-corrected chi connectivity index (χ2v) is 4.04. The minimum Gasteiger partial charge on any atom is -0.487 e. The Balaban J connectivity index is 2.11. The molecule has 2 aromatic carbocycles. The normalized spacial score (nSPS) is 12.2. The second kappa shape index (κ2) is 5.92. The average molecular weight is 286 g/mol. The van der Waals surface area contributed by atoms with Crippen LogP contribution in [0, 0.1) is 23.3 Å². The minimum atomic E-state index is -1.61. The van der Waals surface area contributed by atoms with E-state index in [-0.39, 0.29) is 5.75 Å². The molecule has 1 N–H and O–H groups in total. The predicted octanol–water partition coefficient (Wildman–Crippen LogP) is 3.36. The number of rotatable bonds is 4. The summed E-state index contributed by atoms with van der Waals surface area (Å²) < 4.78 is 57.6. The number of hydrogen-bond acceptors (Lipinski definition) is 2. The molecule has 2 nitrogen and oxygen atoms in total. The zero-order chi connectivity index (χ0) is 14.7. The molecular formula is C14H10F4O2. The van der Waals surface area contributed by atoms with Crippen LogP contribution in [-0.2, 0) is 0 Å². The van der Waals surface area contributed by atoms with Gasteiger partial charge in [0.15, 0.2) is 11.6 Å². The Labute approximate surface area is 112 Å². The zero-order valence-electron chi connectivity index (χ0n) is 10.1. The Hall–Kier alpha value is -2.08. The van der Waals surface area contributed by atoms with Gasteiger partial charge in [-0.3, -0.25) is 0 Å². The van der Waals surface area contributed by atoms with Crippen LogP contribution in [0.2, 0.25) is 0 Å². The van der Waals surface area contributed by atoms with Gasteiger partial charge < -0.3 is 9.84 Å². The topological polar surface area (TPSA) is 29.5 Å². The molecule has 106 valence electrons. The van der Waals surface area contributed by atoms with Crippen molar-refractivity contribution >= 4 is 0 Å². The van der Waals surface area contributed by atoms with E-state index < -0.39 is 41.5 Å². The van der Waals surface area contributed by atoms with Crippen LogP contribution >= 0.6 is 0 Å². The lowest BCUT2D eigenvalue weighted by Crippen LogP contribution is -2.13. The highest BCUT2D eigenvalue weighted by atomic mass is 19.1. The number of halogens is 4. The van der Waals surface area contributed by atoms with Gasteiger partial charge in [0.2, 0.25) is 0 Å². The second-order valence-electron chi connectivity index (χ2n) is 4.04. The van der Waals surface area contributed by atoms with Gasteiger partial charge in [-0.2, -0.15) is 0 Å². The Morgan fingerprint density at radius 2 is 1.60 bits per heavy atom. The van der Waals surface area contributed by atoms with Gasteiger partial charge in [-0.25, -0.2) is 17.6 Å². The molecule has 0 aromatic heterocycles. The van der Waals surface area contributed by atoms with Crippen molar-refractivity contribution in [2.24, 2.45) is 0 Å². The van der Waals surface area contributed by atoms with Gasteiger partial charge in [-0.05, 0) is 24.3 Å². The summed E-state index contributed by atoms with van der Waals surface area (Å²) in [5.74, 6) is -3.93. The maximum absolute atomic E-state index is 13.4. The highest BCUT2D eigenvalue weighted by Crippen LogP contribution is 2.23. The Bertz CT molecular complexity index is 596. The van der Waals surface area contributed by atoms with Crippen molar-refractivity contribution in [1.29, 1.82) is 0 Å². The number of hydrogen-bond donors (Lipinski definition) is 1. The SMILES string of the molecule is OC(COc1ccc(F)cc1F)c1c(F)cccc1F. The van der Waals surface area contributed by atoms with Gasteiger partial charge in [-0.15, -0.1) is 0 Å². The van der Waals surface area contributed by atoms with E-state index in [0.29, 0.717) is 6.07 Å². The summed E-state index contributed by atoms with van der Waals surface area (Å²) in [5.41, 5.74) is -0.560. The molecule has 20 heavy (non-hydrogen) atoms. The molecule has 0 heterocycles. The summed E-state index contributed by atoms with van der Waals surface area (Å²) in [5, 5.41) is 9.69. The molecule has 0 spiro atoms. The highest BCUT2D eigenvalue weighted by Gasteiger charge is 2.19. The van der Waals surface area contributed by atoms with Gasteiger partial charge in [-0.1, -0.05) is 6.07 Å². The molecule has 0 bridgehead atoms. The molecule has 0 saturated heterocycles. The van der Waals surface area contributed by atoms with Gasteiger partial charge in [0, 0.05) is 6.07 Å². The van der Waals surface area contributed by atoms with Crippen LogP contribution in [0.25, 0.3) is 0 Å². The largest absolute Gasteiger partial charge is 0.487 e. The van der Waals surface area contributed by atoms with Crippen molar-refractivity contribution < 1.29 is 27.4 Å². The van der Waals surface area contributed by atoms with Gasteiger partial charge in [0.25, 0.3) is 0 Å². The maximum atomic E-state index is 13.4. The fraction of sp³-hybridized carbons (Fsp3) is 0.143. The van der Waals surface area contributed by atoms with Gasteiger partial charge in [0.05, 0.1) is 5.56 Å². The molecule has 1 atom stereocenters. The summed E-state index contributed by atoms with van der Waals surface area (Å²) >= 11 is 0. The predicted molar refractivity (Wildman–Crippen MR) is 63.2 cm³/mol. The van der Waals surface area contributed by atoms with Crippen molar-refractivity contribution in [3.05, 3.63) is 65.2 Å². The van der Waals surface area contributed by atoms with Crippen molar-refractivity contribution in [1.82, 2.24) is 0 Å². The quantitative estimate of drug-likeness (QED) is 0.873. The van der Waals surface area contributed by atoms with Crippen LogP contribution in [0.1, 0.15) is 11.7 Å². The summed E-state index contributed by atoms with van der Waals surface area (Å²) in [6, 6.07) is 5.72. The number of aliphatic hydroxyl groups excluding tert-OH is 1. The molecule has 0 amide bonds. The monoisotopic (exact) mass is 286 g/mol. The Kier molecular flexibility index (Phi) is 4.24. The van der Waals surface area contributed by atoms with Crippen LogP contribution in [0.3, 0.4) is 0 Å². The molecule has 0 fully saturated rings. The minimum absolute atomic E-state index is 0.317. The standard InChI is InChI=1S/C14H10F4O2/c15-8-4-5-13(11(18)6-8)20-7-12(19)14-9(16)2-1-3-10(14)17/h1-6,12,19H,7H2. The summed E-state index contributed by atoms with van der Waals surface area (Å²) in [6.45, 7) is -0.569. The van der Waals surface area contributed by atoms with E-state index in [0.717, 1.165) is 30.3 Å². The van der Waals surface area contributed by atoms with E-state index in [4.69, 9.17) is 4.74 Å². The van der Waals surface area contributed by atoms with E-state index in [1.165, 1.54) is 0 Å². The van der Waals surface area contributed by atoms with Crippen molar-refractivity contribution in [2.45, 2.75) is 6.10 Å². The Morgan fingerprint density at radius 3 is 2.20 bits per heavy atom.